The van der Waals surface area contributed by atoms with E-state index >= 15 is 0 Å². The monoisotopic (exact) mass is 337 g/mol. The number of carbonyl (C=O) groups excluding carboxylic acids is 1. The number of aliphatic hydroxyl groups is 1. The van der Waals surface area contributed by atoms with Crippen LogP contribution in [0, 0.1) is 0 Å². The molecule has 3 rings (SSSR count). The van der Waals surface area contributed by atoms with E-state index in [2.05, 4.69) is 17.2 Å². The molecule has 130 valence electrons. The third kappa shape index (κ3) is 4.06. The largest absolute Gasteiger partial charge is 0.394 e. The van der Waals surface area contributed by atoms with Gasteiger partial charge in [0.15, 0.2) is 0 Å². The van der Waals surface area contributed by atoms with Crippen molar-refractivity contribution in [3.8, 4) is 0 Å². The number of nitrogens with one attached hydrogen (secondary N) is 1. The Morgan fingerprint density at radius 2 is 1.96 bits per heavy atom. The first kappa shape index (κ1) is 17.2. The summed E-state index contributed by atoms with van der Waals surface area (Å²) in [6.07, 6.45) is 3.06. The van der Waals surface area contributed by atoms with Crippen molar-refractivity contribution in [3.05, 3.63) is 66.0 Å². The third-order valence-electron chi connectivity index (χ3n) is 4.42. The Balaban J connectivity index is 1.60. The number of aliphatic hydroxyl groups excluding tert-OH is 1. The SMILES string of the molecule is CCc1ccc(C(CO)NC(=O)CCn2cnc3ccccc32)cc1. The van der Waals surface area contributed by atoms with E-state index in [1.54, 1.807) is 6.33 Å². The molecule has 0 fully saturated rings. The molecular formula is C20H23N3O2. The number of amides is 1. The molecule has 1 heterocycles. The van der Waals surface area contributed by atoms with Crippen LogP contribution in [0.5, 0.6) is 0 Å². The van der Waals surface area contributed by atoms with E-state index < -0.39 is 0 Å². The van der Waals surface area contributed by atoms with Gasteiger partial charge in [-0.3, -0.25) is 4.79 Å². The van der Waals surface area contributed by atoms with E-state index in [1.807, 2.05) is 53.1 Å². The summed E-state index contributed by atoms with van der Waals surface area (Å²) in [7, 11) is 0. The number of hydrogen-bond acceptors (Lipinski definition) is 3. The maximum atomic E-state index is 12.3. The molecule has 25 heavy (non-hydrogen) atoms. The van der Waals surface area contributed by atoms with Crippen molar-refractivity contribution in [2.24, 2.45) is 0 Å². The highest BCUT2D eigenvalue weighted by molar-refractivity contribution is 5.77. The van der Waals surface area contributed by atoms with E-state index in [0.29, 0.717) is 13.0 Å². The molecule has 0 saturated heterocycles. The Morgan fingerprint density at radius 3 is 2.68 bits per heavy atom. The number of fused-ring (bicyclic) bond motifs is 1. The normalized spacial score (nSPS) is 12.2. The van der Waals surface area contributed by atoms with E-state index in [0.717, 1.165) is 23.0 Å². The molecule has 2 N–H and O–H groups in total. The first-order valence-corrected chi connectivity index (χ1v) is 8.60. The van der Waals surface area contributed by atoms with Gasteiger partial charge in [0, 0.05) is 13.0 Å². The molecule has 5 nitrogen and oxygen atoms in total. The van der Waals surface area contributed by atoms with Gasteiger partial charge in [0.25, 0.3) is 0 Å². The predicted molar refractivity (Wildman–Crippen MR) is 98.1 cm³/mol. The van der Waals surface area contributed by atoms with Gasteiger partial charge in [-0.15, -0.1) is 0 Å². The van der Waals surface area contributed by atoms with Gasteiger partial charge >= 0.3 is 0 Å². The smallest absolute Gasteiger partial charge is 0.222 e. The molecule has 0 bridgehead atoms. The second-order valence-corrected chi connectivity index (χ2v) is 6.07. The van der Waals surface area contributed by atoms with Gasteiger partial charge < -0.3 is 15.0 Å². The van der Waals surface area contributed by atoms with Crippen LogP contribution in [0.4, 0.5) is 0 Å². The molecular weight excluding hydrogens is 314 g/mol. The Labute approximate surface area is 147 Å². The lowest BCUT2D eigenvalue weighted by atomic mass is 10.0. The maximum absolute atomic E-state index is 12.3. The lowest BCUT2D eigenvalue weighted by Crippen LogP contribution is -2.31. The molecule has 0 aliphatic rings. The van der Waals surface area contributed by atoms with Crippen LogP contribution in [0.15, 0.2) is 54.9 Å². The highest BCUT2D eigenvalue weighted by atomic mass is 16.3. The molecule has 0 aliphatic heterocycles. The maximum Gasteiger partial charge on any atom is 0.222 e. The van der Waals surface area contributed by atoms with Crippen LogP contribution >= 0.6 is 0 Å². The van der Waals surface area contributed by atoms with E-state index in [4.69, 9.17) is 0 Å². The van der Waals surface area contributed by atoms with Crippen molar-refractivity contribution in [1.82, 2.24) is 14.9 Å². The first-order chi connectivity index (χ1) is 12.2. The summed E-state index contributed by atoms with van der Waals surface area (Å²) >= 11 is 0. The predicted octanol–water partition coefficient (Wildman–Crippen LogP) is 2.84. The molecule has 0 radical (unpaired) electrons. The van der Waals surface area contributed by atoms with Crippen molar-refractivity contribution in [3.63, 3.8) is 0 Å². The number of imidazole rings is 1. The fraction of sp³-hybridized carbons (Fsp3) is 0.300. The average Bonchev–Trinajstić information content (AvgIpc) is 3.08. The van der Waals surface area contributed by atoms with Crippen LogP contribution in [0.3, 0.4) is 0 Å². The minimum Gasteiger partial charge on any atom is -0.394 e. The van der Waals surface area contributed by atoms with E-state index in [9.17, 15) is 9.90 Å². The fourth-order valence-electron chi connectivity index (χ4n) is 2.90. The summed E-state index contributed by atoms with van der Waals surface area (Å²) in [5.41, 5.74) is 4.09. The van der Waals surface area contributed by atoms with E-state index in [-0.39, 0.29) is 18.6 Å². The quantitative estimate of drug-likeness (QED) is 0.697. The molecule has 5 heteroatoms. The standard InChI is InChI=1S/C20H23N3O2/c1-2-15-7-9-16(10-8-15)18(13-24)22-20(25)11-12-23-14-21-17-5-3-4-6-19(17)23/h3-10,14,18,24H,2,11-13H2,1H3,(H,22,25). The second-order valence-electron chi connectivity index (χ2n) is 6.07. The van der Waals surface area contributed by atoms with Gasteiger partial charge in [-0.25, -0.2) is 4.98 Å². The van der Waals surface area contributed by atoms with Crippen molar-refractivity contribution in [1.29, 1.82) is 0 Å². The van der Waals surface area contributed by atoms with Gasteiger partial charge in [0.1, 0.15) is 0 Å². The van der Waals surface area contributed by atoms with Gasteiger partial charge in [-0.1, -0.05) is 43.3 Å². The van der Waals surface area contributed by atoms with Crippen LogP contribution in [-0.2, 0) is 17.8 Å². The molecule has 0 spiro atoms. The lowest BCUT2D eigenvalue weighted by Gasteiger charge is -2.17. The van der Waals surface area contributed by atoms with Gasteiger partial charge in [-0.05, 0) is 29.7 Å². The van der Waals surface area contributed by atoms with Crippen LogP contribution in [0.25, 0.3) is 11.0 Å². The summed E-state index contributed by atoms with van der Waals surface area (Å²) in [6, 6.07) is 15.5. The molecule has 1 amide bonds. The summed E-state index contributed by atoms with van der Waals surface area (Å²) < 4.78 is 1.97. The van der Waals surface area contributed by atoms with Crippen LogP contribution < -0.4 is 5.32 Å². The fourth-order valence-corrected chi connectivity index (χ4v) is 2.90. The molecule has 1 unspecified atom stereocenters. The number of hydrogen-bond donors (Lipinski definition) is 2. The Morgan fingerprint density at radius 1 is 1.20 bits per heavy atom. The summed E-state index contributed by atoms with van der Waals surface area (Å²) in [5.74, 6) is -0.0867. The highest BCUT2D eigenvalue weighted by Gasteiger charge is 2.14. The third-order valence-corrected chi connectivity index (χ3v) is 4.42. The number of rotatable bonds is 7. The topological polar surface area (TPSA) is 67.2 Å². The van der Waals surface area contributed by atoms with Gasteiger partial charge in [0.2, 0.25) is 5.91 Å². The summed E-state index contributed by atoms with van der Waals surface area (Å²) in [4.78, 5) is 16.6. The zero-order valence-corrected chi connectivity index (χ0v) is 14.4. The van der Waals surface area contributed by atoms with Gasteiger partial charge in [-0.2, -0.15) is 0 Å². The van der Waals surface area contributed by atoms with Crippen molar-refractivity contribution >= 4 is 16.9 Å². The second kappa shape index (κ2) is 7.94. The number of nitrogens with zero attached hydrogens (tertiary/aromatic N) is 2. The van der Waals surface area contributed by atoms with Crippen LogP contribution in [0.2, 0.25) is 0 Å². The number of aryl methyl sites for hydroxylation is 2. The van der Waals surface area contributed by atoms with Crippen molar-refractivity contribution < 1.29 is 9.90 Å². The molecule has 1 aromatic heterocycles. The van der Waals surface area contributed by atoms with Crippen LogP contribution in [0.1, 0.15) is 30.5 Å². The molecule has 3 aromatic rings. The van der Waals surface area contributed by atoms with Crippen molar-refractivity contribution in [2.45, 2.75) is 32.4 Å². The minimum absolute atomic E-state index is 0.0867. The first-order valence-electron chi connectivity index (χ1n) is 8.60. The van der Waals surface area contributed by atoms with Crippen molar-refractivity contribution in [2.75, 3.05) is 6.61 Å². The summed E-state index contributed by atoms with van der Waals surface area (Å²) in [6.45, 7) is 2.53. The number of carbonyl (C=O) groups is 1. The van der Waals surface area contributed by atoms with Crippen LogP contribution in [-0.4, -0.2) is 27.2 Å². The molecule has 2 aromatic carbocycles. The lowest BCUT2D eigenvalue weighted by molar-refractivity contribution is -0.122. The molecule has 1 atom stereocenters. The zero-order valence-electron chi connectivity index (χ0n) is 14.4. The average molecular weight is 337 g/mol. The minimum atomic E-state index is -0.377. The van der Waals surface area contributed by atoms with Gasteiger partial charge in [0.05, 0.1) is 30.0 Å². The molecule has 0 saturated carbocycles. The number of aromatic nitrogens is 2. The Kier molecular flexibility index (Phi) is 5.46. The number of para-hydroxylation sites is 2. The Bertz CT molecular complexity index is 840. The van der Waals surface area contributed by atoms with E-state index in [1.165, 1.54) is 5.56 Å². The highest BCUT2D eigenvalue weighted by Crippen LogP contribution is 2.15. The summed E-state index contributed by atoms with van der Waals surface area (Å²) in [5, 5.41) is 12.5. The number of benzene rings is 2. The Hall–Kier alpha value is -2.66. The zero-order chi connectivity index (χ0) is 17.6. The molecule has 0 aliphatic carbocycles.